The topological polar surface area (TPSA) is 54.9 Å². The quantitative estimate of drug-likeness (QED) is 0.765. The molecule has 0 fully saturated rings. The molecule has 3 aromatic rings. The number of fused-ring (bicyclic) bond motifs is 1. The maximum Gasteiger partial charge on any atom is 0.268 e. The highest BCUT2D eigenvalue weighted by atomic mass is 32.1. The molecule has 0 radical (unpaired) electrons. The fourth-order valence-electron chi connectivity index (χ4n) is 2.25. The van der Waals surface area contributed by atoms with Gasteiger partial charge in [0.15, 0.2) is 0 Å². The summed E-state index contributed by atoms with van der Waals surface area (Å²) in [7, 11) is 0. The van der Waals surface area contributed by atoms with E-state index in [4.69, 9.17) is 0 Å². The summed E-state index contributed by atoms with van der Waals surface area (Å²) in [6.07, 6.45) is 6.51. The Morgan fingerprint density at radius 3 is 2.95 bits per heavy atom. The Morgan fingerprint density at radius 1 is 1.23 bits per heavy atom. The average Bonchev–Trinajstić information content (AvgIpc) is 3.02. The third kappa shape index (κ3) is 3.14. The van der Waals surface area contributed by atoms with E-state index in [1.165, 1.54) is 11.3 Å². The van der Waals surface area contributed by atoms with E-state index in [0.29, 0.717) is 10.7 Å². The van der Waals surface area contributed by atoms with Crippen LogP contribution in [0.1, 0.15) is 34.4 Å². The number of carbonyl (C=O) groups excluding carboxylic acids is 1. The van der Waals surface area contributed by atoms with Gasteiger partial charge in [-0.25, -0.2) is 9.97 Å². The lowest BCUT2D eigenvalue weighted by molar-refractivity contribution is 0.103. The van der Waals surface area contributed by atoms with Crippen LogP contribution in [0.5, 0.6) is 0 Å². The fourth-order valence-corrected chi connectivity index (χ4v) is 3.10. The van der Waals surface area contributed by atoms with Crippen LogP contribution in [0.4, 0.5) is 5.82 Å². The van der Waals surface area contributed by atoms with Crippen molar-refractivity contribution in [2.75, 3.05) is 5.32 Å². The van der Waals surface area contributed by atoms with Crippen molar-refractivity contribution in [3.05, 3.63) is 52.6 Å². The first-order valence-corrected chi connectivity index (χ1v) is 8.19. The Kier molecular flexibility index (Phi) is 4.44. The van der Waals surface area contributed by atoms with Gasteiger partial charge in [-0.1, -0.05) is 37.6 Å². The molecule has 1 N–H and O–H groups in total. The lowest BCUT2D eigenvalue weighted by Crippen LogP contribution is -2.11. The number of hydrogen-bond donors (Lipinski definition) is 1. The molecule has 0 spiro atoms. The molecular formula is C17H17N3OS. The molecular weight excluding hydrogens is 294 g/mol. The summed E-state index contributed by atoms with van der Waals surface area (Å²) in [5, 5.41) is 5.90. The molecule has 0 aliphatic carbocycles. The number of benzene rings is 1. The van der Waals surface area contributed by atoms with E-state index >= 15 is 0 Å². The molecule has 1 aromatic carbocycles. The number of rotatable bonds is 5. The molecule has 5 heteroatoms. The van der Waals surface area contributed by atoms with Gasteiger partial charge in [0.25, 0.3) is 5.91 Å². The molecule has 2 heterocycles. The van der Waals surface area contributed by atoms with Crippen molar-refractivity contribution in [3.63, 3.8) is 0 Å². The highest BCUT2D eigenvalue weighted by Crippen LogP contribution is 2.22. The molecule has 0 saturated carbocycles. The summed E-state index contributed by atoms with van der Waals surface area (Å²) in [4.78, 5) is 21.6. The zero-order chi connectivity index (χ0) is 15.4. The highest BCUT2D eigenvalue weighted by molar-refractivity contribution is 7.13. The average molecular weight is 311 g/mol. The Balaban J connectivity index is 1.79. The standard InChI is InChI=1S/C17H17N3OS/c1-2-3-8-15-19-11-14(22-15)17(21)20-16-13-7-5-4-6-12(13)9-10-18-16/h4-7,9-11H,2-3,8H2,1H3,(H,18,20,21). The predicted octanol–water partition coefficient (Wildman–Crippen LogP) is 4.29. The van der Waals surface area contributed by atoms with E-state index in [1.807, 2.05) is 30.3 Å². The Hall–Kier alpha value is -2.27. The van der Waals surface area contributed by atoms with E-state index in [0.717, 1.165) is 35.0 Å². The van der Waals surface area contributed by atoms with Gasteiger partial charge in [-0.3, -0.25) is 4.79 Å². The van der Waals surface area contributed by atoms with Crippen molar-refractivity contribution in [3.8, 4) is 0 Å². The molecule has 0 aliphatic rings. The normalized spacial score (nSPS) is 10.8. The van der Waals surface area contributed by atoms with Crippen LogP contribution in [0.25, 0.3) is 10.8 Å². The van der Waals surface area contributed by atoms with Gasteiger partial charge in [0, 0.05) is 11.6 Å². The summed E-state index contributed by atoms with van der Waals surface area (Å²) >= 11 is 1.45. The zero-order valence-electron chi connectivity index (χ0n) is 12.4. The van der Waals surface area contributed by atoms with Gasteiger partial charge in [-0.2, -0.15) is 0 Å². The maximum atomic E-state index is 12.4. The number of nitrogens with one attached hydrogen (secondary N) is 1. The fraction of sp³-hybridized carbons (Fsp3) is 0.235. The lowest BCUT2D eigenvalue weighted by atomic mass is 10.1. The number of carbonyl (C=O) groups is 1. The van der Waals surface area contributed by atoms with Gasteiger partial charge in [0.05, 0.1) is 11.2 Å². The Bertz CT molecular complexity index is 792. The second-order valence-electron chi connectivity index (χ2n) is 5.06. The van der Waals surface area contributed by atoms with Gasteiger partial charge in [0.2, 0.25) is 0 Å². The first-order valence-electron chi connectivity index (χ1n) is 7.37. The molecule has 112 valence electrons. The molecule has 0 unspecified atom stereocenters. The largest absolute Gasteiger partial charge is 0.305 e. The first-order chi connectivity index (χ1) is 10.8. The van der Waals surface area contributed by atoms with Crippen LogP contribution in [0.15, 0.2) is 42.7 Å². The van der Waals surface area contributed by atoms with Crippen LogP contribution in [0.3, 0.4) is 0 Å². The van der Waals surface area contributed by atoms with Gasteiger partial charge in [0.1, 0.15) is 10.7 Å². The Labute approximate surface area is 133 Å². The predicted molar refractivity (Wildman–Crippen MR) is 90.4 cm³/mol. The highest BCUT2D eigenvalue weighted by Gasteiger charge is 2.12. The number of thiazole rings is 1. The van der Waals surface area contributed by atoms with Crippen molar-refractivity contribution >= 4 is 33.8 Å². The van der Waals surface area contributed by atoms with Crippen LogP contribution in [0, 0.1) is 0 Å². The van der Waals surface area contributed by atoms with Crippen molar-refractivity contribution in [2.24, 2.45) is 0 Å². The minimum absolute atomic E-state index is 0.149. The van der Waals surface area contributed by atoms with Crippen LogP contribution in [-0.4, -0.2) is 15.9 Å². The SMILES string of the molecule is CCCCc1ncc(C(=O)Nc2nccc3ccccc23)s1. The van der Waals surface area contributed by atoms with E-state index in [9.17, 15) is 4.79 Å². The van der Waals surface area contributed by atoms with E-state index < -0.39 is 0 Å². The van der Waals surface area contributed by atoms with Crippen molar-refractivity contribution in [1.82, 2.24) is 9.97 Å². The van der Waals surface area contributed by atoms with E-state index in [1.54, 1.807) is 12.4 Å². The number of pyridine rings is 1. The second-order valence-corrected chi connectivity index (χ2v) is 6.17. The van der Waals surface area contributed by atoms with E-state index in [-0.39, 0.29) is 5.91 Å². The van der Waals surface area contributed by atoms with Gasteiger partial charge >= 0.3 is 0 Å². The second kappa shape index (κ2) is 6.66. The molecule has 1 amide bonds. The minimum Gasteiger partial charge on any atom is -0.305 e. The van der Waals surface area contributed by atoms with Gasteiger partial charge in [-0.05, 0) is 24.3 Å². The number of hydrogen-bond acceptors (Lipinski definition) is 4. The number of unbranched alkanes of at least 4 members (excludes halogenated alkanes) is 1. The number of nitrogens with zero attached hydrogens (tertiary/aromatic N) is 2. The summed E-state index contributed by atoms with van der Waals surface area (Å²) in [6.45, 7) is 2.15. The number of anilines is 1. The summed E-state index contributed by atoms with van der Waals surface area (Å²) in [6, 6.07) is 9.80. The van der Waals surface area contributed by atoms with Crippen LogP contribution < -0.4 is 5.32 Å². The number of amides is 1. The molecule has 0 atom stereocenters. The van der Waals surface area contributed by atoms with Gasteiger partial charge in [-0.15, -0.1) is 11.3 Å². The number of aromatic nitrogens is 2. The summed E-state index contributed by atoms with van der Waals surface area (Å²) < 4.78 is 0. The number of aryl methyl sites for hydroxylation is 1. The van der Waals surface area contributed by atoms with Crippen LogP contribution >= 0.6 is 11.3 Å². The molecule has 3 rings (SSSR count). The van der Waals surface area contributed by atoms with Gasteiger partial charge < -0.3 is 5.32 Å². The van der Waals surface area contributed by atoms with Crippen LogP contribution in [0.2, 0.25) is 0 Å². The monoisotopic (exact) mass is 311 g/mol. The molecule has 0 aliphatic heterocycles. The minimum atomic E-state index is -0.149. The third-order valence-electron chi connectivity index (χ3n) is 3.43. The smallest absolute Gasteiger partial charge is 0.268 e. The van der Waals surface area contributed by atoms with Crippen molar-refractivity contribution in [2.45, 2.75) is 26.2 Å². The summed E-state index contributed by atoms with van der Waals surface area (Å²) in [5.41, 5.74) is 0. The molecule has 2 aromatic heterocycles. The lowest BCUT2D eigenvalue weighted by Gasteiger charge is -2.06. The van der Waals surface area contributed by atoms with Crippen LogP contribution in [-0.2, 0) is 6.42 Å². The zero-order valence-corrected chi connectivity index (χ0v) is 13.2. The third-order valence-corrected chi connectivity index (χ3v) is 4.48. The first kappa shape index (κ1) is 14.7. The Morgan fingerprint density at radius 2 is 2.09 bits per heavy atom. The van der Waals surface area contributed by atoms with Crippen molar-refractivity contribution in [1.29, 1.82) is 0 Å². The van der Waals surface area contributed by atoms with E-state index in [2.05, 4.69) is 22.2 Å². The van der Waals surface area contributed by atoms with Crippen molar-refractivity contribution < 1.29 is 4.79 Å². The molecule has 0 bridgehead atoms. The maximum absolute atomic E-state index is 12.4. The molecule has 22 heavy (non-hydrogen) atoms. The summed E-state index contributed by atoms with van der Waals surface area (Å²) in [5.74, 6) is 0.440. The molecule has 0 saturated heterocycles. The molecule has 4 nitrogen and oxygen atoms in total.